The SMILES string of the molecule is CCCCCCC(C/C=C/CCCCCC/C(=C\CCCCCCCC(C)=O)CCCC)OC=O. The Morgan fingerprint density at radius 1 is 0.686 bits per heavy atom. The second-order valence-electron chi connectivity index (χ2n) is 10.3. The number of allylic oxidation sites excluding steroid dienone is 3. The smallest absolute Gasteiger partial charge is 0.293 e. The molecule has 1 atom stereocenters. The minimum absolute atomic E-state index is 0.0562. The lowest BCUT2D eigenvalue weighted by atomic mass is 9.99. The normalized spacial score (nSPS) is 12.8. The molecule has 0 saturated carbocycles. The standard InChI is InChI=1S/C32H58O3/c1-4-6-8-21-27-32(35-29-33)28-22-17-11-9-10-15-19-25-31(24-7-5-2)26-20-16-13-12-14-18-23-30(3)34/h17,22,26,29,32H,4-16,18-21,23-25,27-28H2,1-3H3/b22-17+,31-26-. The molecule has 0 amide bonds. The van der Waals surface area contributed by atoms with Crippen LogP contribution in [-0.4, -0.2) is 18.4 Å². The monoisotopic (exact) mass is 490 g/mol. The van der Waals surface area contributed by atoms with Gasteiger partial charge in [0.05, 0.1) is 0 Å². The van der Waals surface area contributed by atoms with Crippen LogP contribution >= 0.6 is 0 Å². The van der Waals surface area contributed by atoms with Crippen LogP contribution in [0.3, 0.4) is 0 Å². The van der Waals surface area contributed by atoms with Crippen molar-refractivity contribution in [2.24, 2.45) is 0 Å². The lowest BCUT2D eigenvalue weighted by Gasteiger charge is -2.12. The summed E-state index contributed by atoms with van der Waals surface area (Å²) in [5.41, 5.74) is 1.68. The van der Waals surface area contributed by atoms with E-state index in [2.05, 4.69) is 32.1 Å². The number of unbranched alkanes of at least 4 members (excludes halogenated alkanes) is 13. The highest BCUT2D eigenvalue weighted by atomic mass is 16.5. The van der Waals surface area contributed by atoms with E-state index in [0.717, 1.165) is 38.5 Å². The first-order chi connectivity index (χ1) is 17.1. The van der Waals surface area contributed by atoms with Crippen molar-refractivity contribution in [3.63, 3.8) is 0 Å². The number of ketones is 1. The first-order valence-corrected chi connectivity index (χ1v) is 15.0. The number of hydrogen-bond acceptors (Lipinski definition) is 3. The maximum atomic E-state index is 11.0. The summed E-state index contributed by atoms with van der Waals surface area (Å²) in [6.45, 7) is 6.81. The van der Waals surface area contributed by atoms with E-state index in [1.54, 1.807) is 12.5 Å². The second kappa shape index (κ2) is 27.2. The highest BCUT2D eigenvalue weighted by Crippen LogP contribution is 2.19. The van der Waals surface area contributed by atoms with Crippen LogP contribution in [0.4, 0.5) is 0 Å². The maximum absolute atomic E-state index is 11.0. The molecule has 3 heteroatoms. The van der Waals surface area contributed by atoms with Crippen molar-refractivity contribution in [2.45, 2.75) is 168 Å². The van der Waals surface area contributed by atoms with Crippen LogP contribution in [0.2, 0.25) is 0 Å². The molecule has 0 heterocycles. The van der Waals surface area contributed by atoms with Gasteiger partial charge in [-0.25, -0.2) is 0 Å². The molecular formula is C32H58O3. The molecule has 204 valence electrons. The van der Waals surface area contributed by atoms with E-state index in [1.807, 2.05) is 0 Å². The number of carbonyl (C=O) groups excluding carboxylic acids is 2. The Kier molecular flexibility index (Phi) is 26.1. The number of carbonyl (C=O) groups is 2. The van der Waals surface area contributed by atoms with Crippen LogP contribution in [0.25, 0.3) is 0 Å². The van der Waals surface area contributed by atoms with E-state index in [-0.39, 0.29) is 6.10 Å². The van der Waals surface area contributed by atoms with Crippen molar-refractivity contribution >= 4 is 12.3 Å². The van der Waals surface area contributed by atoms with Crippen molar-refractivity contribution < 1.29 is 14.3 Å². The van der Waals surface area contributed by atoms with Crippen molar-refractivity contribution in [3.05, 3.63) is 23.8 Å². The molecule has 1 unspecified atom stereocenters. The topological polar surface area (TPSA) is 43.4 Å². The van der Waals surface area contributed by atoms with Crippen molar-refractivity contribution in [1.29, 1.82) is 0 Å². The average Bonchev–Trinajstić information content (AvgIpc) is 2.84. The number of rotatable bonds is 27. The van der Waals surface area contributed by atoms with E-state index >= 15 is 0 Å². The average molecular weight is 491 g/mol. The van der Waals surface area contributed by atoms with E-state index in [9.17, 15) is 9.59 Å². The lowest BCUT2D eigenvalue weighted by molar-refractivity contribution is -0.133. The molecule has 0 aliphatic rings. The van der Waals surface area contributed by atoms with E-state index < -0.39 is 0 Å². The highest BCUT2D eigenvalue weighted by molar-refractivity contribution is 5.75. The van der Waals surface area contributed by atoms with E-state index in [4.69, 9.17) is 4.74 Å². The largest absolute Gasteiger partial charge is 0.464 e. The third kappa shape index (κ3) is 25.5. The van der Waals surface area contributed by atoms with Gasteiger partial charge >= 0.3 is 0 Å². The highest BCUT2D eigenvalue weighted by Gasteiger charge is 2.06. The summed E-state index contributed by atoms with van der Waals surface area (Å²) in [5, 5.41) is 0. The Morgan fingerprint density at radius 2 is 1.29 bits per heavy atom. The molecule has 0 N–H and O–H groups in total. The minimum atomic E-state index is 0.0562. The van der Waals surface area contributed by atoms with Gasteiger partial charge in [0, 0.05) is 12.8 Å². The van der Waals surface area contributed by atoms with Crippen molar-refractivity contribution in [2.75, 3.05) is 0 Å². The summed E-state index contributed by atoms with van der Waals surface area (Å²) in [5.74, 6) is 0.327. The molecule has 3 nitrogen and oxygen atoms in total. The number of hydrogen-bond donors (Lipinski definition) is 0. The zero-order valence-electron chi connectivity index (χ0n) is 23.7. The predicted molar refractivity (Wildman–Crippen MR) is 152 cm³/mol. The van der Waals surface area contributed by atoms with Gasteiger partial charge in [0.2, 0.25) is 0 Å². The zero-order chi connectivity index (χ0) is 25.8. The van der Waals surface area contributed by atoms with Gasteiger partial charge < -0.3 is 9.53 Å². The van der Waals surface area contributed by atoms with Crippen LogP contribution in [-0.2, 0) is 14.3 Å². The van der Waals surface area contributed by atoms with Gasteiger partial charge in [-0.3, -0.25) is 4.79 Å². The summed E-state index contributed by atoms with van der Waals surface area (Å²) in [4.78, 5) is 21.7. The predicted octanol–water partition coefficient (Wildman–Crippen LogP) is 10.2. The van der Waals surface area contributed by atoms with Crippen LogP contribution in [0.1, 0.15) is 162 Å². The van der Waals surface area contributed by atoms with Gasteiger partial charge in [-0.1, -0.05) is 95.4 Å². The zero-order valence-corrected chi connectivity index (χ0v) is 23.7. The Labute approximate surface area is 218 Å². The number of ether oxygens (including phenoxy) is 1. The Hall–Kier alpha value is -1.38. The molecule has 0 aromatic carbocycles. The van der Waals surface area contributed by atoms with Crippen LogP contribution in [0, 0.1) is 0 Å². The van der Waals surface area contributed by atoms with E-state index in [1.165, 1.54) is 103 Å². The van der Waals surface area contributed by atoms with Gasteiger partial charge in [-0.2, -0.15) is 0 Å². The molecule has 0 fully saturated rings. The Balaban J connectivity index is 3.91. The fraction of sp³-hybridized carbons (Fsp3) is 0.812. The number of Topliss-reactive ketones (excluding diaryl/α,β-unsaturated/α-hetero) is 1. The van der Waals surface area contributed by atoms with Crippen molar-refractivity contribution in [1.82, 2.24) is 0 Å². The van der Waals surface area contributed by atoms with Crippen LogP contribution < -0.4 is 0 Å². The Bertz CT molecular complexity index is 535. The van der Waals surface area contributed by atoms with Gasteiger partial charge in [0.25, 0.3) is 6.47 Å². The van der Waals surface area contributed by atoms with Gasteiger partial charge in [0.15, 0.2) is 0 Å². The first kappa shape index (κ1) is 33.6. The summed E-state index contributed by atoms with van der Waals surface area (Å²) in [6, 6.07) is 0. The minimum Gasteiger partial charge on any atom is -0.464 e. The summed E-state index contributed by atoms with van der Waals surface area (Å²) in [7, 11) is 0. The maximum Gasteiger partial charge on any atom is 0.293 e. The molecule has 0 saturated heterocycles. The lowest BCUT2D eigenvalue weighted by Crippen LogP contribution is -2.10. The fourth-order valence-corrected chi connectivity index (χ4v) is 4.54. The quantitative estimate of drug-likeness (QED) is 0.0653. The summed E-state index contributed by atoms with van der Waals surface area (Å²) < 4.78 is 5.25. The molecule has 0 rings (SSSR count). The first-order valence-electron chi connectivity index (χ1n) is 15.0. The molecule has 0 bridgehead atoms. The van der Waals surface area contributed by atoms with Crippen molar-refractivity contribution in [3.8, 4) is 0 Å². The third-order valence-corrected chi connectivity index (χ3v) is 6.83. The Morgan fingerprint density at radius 3 is 1.97 bits per heavy atom. The van der Waals surface area contributed by atoms with Crippen LogP contribution in [0.5, 0.6) is 0 Å². The van der Waals surface area contributed by atoms with Gasteiger partial charge in [0.1, 0.15) is 11.9 Å². The van der Waals surface area contributed by atoms with Gasteiger partial charge in [-0.15, -0.1) is 0 Å². The molecule has 0 radical (unpaired) electrons. The molecule has 0 spiro atoms. The van der Waals surface area contributed by atoms with Crippen LogP contribution in [0.15, 0.2) is 23.8 Å². The molecule has 35 heavy (non-hydrogen) atoms. The summed E-state index contributed by atoms with van der Waals surface area (Å²) >= 11 is 0. The third-order valence-electron chi connectivity index (χ3n) is 6.83. The molecule has 0 aromatic heterocycles. The van der Waals surface area contributed by atoms with E-state index in [0.29, 0.717) is 12.3 Å². The molecule has 0 aliphatic carbocycles. The molecular weight excluding hydrogens is 432 g/mol. The summed E-state index contributed by atoms with van der Waals surface area (Å²) in [6.07, 6.45) is 33.4. The van der Waals surface area contributed by atoms with Gasteiger partial charge in [-0.05, 0) is 77.6 Å². The molecule has 0 aliphatic heterocycles. The second-order valence-corrected chi connectivity index (χ2v) is 10.3. The fourth-order valence-electron chi connectivity index (χ4n) is 4.54. The molecule has 0 aromatic rings.